The summed E-state index contributed by atoms with van der Waals surface area (Å²) in [6.45, 7) is 2.82. The predicted octanol–water partition coefficient (Wildman–Crippen LogP) is 4.45. The lowest BCUT2D eigenvalue weighted by Crippen LogP contribution is -2.05. The summed E-state index contributed by atoms with van der Waals surface area (Å²) in [4.78, 5) is 0. The number of benzene rings is 2. The third-order valence-corrected chi connectivity index (χ3v) is 3.66. The summed E-state index contributed by atoms with van der Waals surface area (Å²) in [5.41, 5.74) is 4.51. The standard InChI is InChI=1S/C17H16ClN3/c1-13-11-15(18)8-7-14(13)12-19-16-5-2-3-6-17(16)21-10-4-9-20-21/h2-11,19H,12H2,1H3. The molecule has 3 nitrogen and oxygen atoms in total. The van der Waals surface area contributed by atoms with Crippen molar-refractivity contribution in [3.05, 3.63) is 77.1 Å². The highest BCUT2D eigenvalue weighted by atomic mass is 35.5. The Hall–Kier alpha value is -2.26. The normalized spacial score (nSPS) is 10.6. The number of hydrogen-bond acceptors (Lipinski definition) is 2. The van der Waals surface area contributed by atoms with Gasteiger partial charge < -0.3 is 5.32 Å². The van der Waals surface area contributed by atoms with Gasteiger partial charge in [0.05, 0.1) is 11.4 Å². The van der Waals surface area contributed by atoms with Crippen molar-refractivity contribution < 1.29 is 0 Å². The molecule has 0 amide bonds. The minimum atomic E-state index is 0.751. The Bertz CT molecular complexity index is 736. The molecule has 1 N–H and O–H groups in total. The Morgan fingerprint density at radius 2 is 2.00 bits per heavy atom. The summed E-state index contributed by atoms with van der Waals surface area (Å²) in [6, 6.07) is 16.0. The van der Waals surface area contributed by atoms with Crippen LogP contribution in [0.3, 0.4) is 0 Å². The highest BCUT2D eigenvalue weighted by molar-refractivity contribution is 6.30. The highest BCUT2D eigenvalue weighted by Gasteiger charge is 2.05. The number of rotatable bonds is 4. The first kappa shape index (κ1) is 13.7. The predicted molar refractivity (Wildman–Crippen MR) is 87.1 cm³/mol. The molecule has 0 spiro atoms. The molecule has 2 aromatic carbocycles. The van der Waals surface area contributed by atoms with Crippen LogP contribution in [-0.2, 0) is 6.54 Å². The van der Waals surface area contributed by atoms with Crippen LogP contribution in [0, 0.1) is 6.92 Å². The van der Waals surface area contributed by atoms with E-state index in [1.807, 2.05) is 47.3 Å². The Balaban J connectivity index is 1.83. The van der Waals surface area contributed by atoms with Gasteiger partial charge in [0.15, 0.2) is 0 Å². The molecule has 4 heteroatoms. The lowest BCUT2D eigenvalue weighted by molar-refractivity contribution is 0.879. The summed E-state index contributed by atoms with van der Waals surface area (Å²) in [6.07, 6.45) is 3.72. The first-order valence-electron chi connectivity index (χ1n) is 6.82. The fourth-order valence-electron chi connectivity index (χ4n) is 2.28. The van der Waals surface area contributed by atoms with Crippen LogP contribution in [0.4, 0.5) is 5.69 Å². The molecule has 0 unspecified atom stereocenters. The SMILES string of the molecule is Cc1cc(Cl)ccc1CNc1ccccc1-n1cccn1. The molecule has 0 saturated carbocycles. The molecule has 3 aromatic rings. The van der Waals surface area contributed by atoms with Crippen molar-refractivity contribution >= 4 is 17.3 Å². The smallest absolute Gasteiger partial charge is 0.0876 e. The third-order valence-electron chi connectivity index (χ3n) is 3.43. The van der Waals surface area contributed by atoms with Gasteiger partial charge in [-0.05, 0) is 48.4 Å². The van der Waals surface area contributed by atoms with Crippen LogP contribution in [-0.4, -0.2) is 9.78 Å². The first-order valence-corrected chi connectivity index (χ1v) is 7.20. The lowest BCUT2D eigenvalue weighted by Gasteiger charge is -2.13. The number of aromatic nitrogens is 2. The molecular formula is C17H16ClN3. The minimum absolute atomic E-state index is 0.751. The van der Waals surface area contributed by atoms with Gasteiger partial charge in [-0.1, -0.05) is 29.8 Å². The van der Waals surface area contributed by atoms with E-state index < -0.39 is 0 Å². The van der Waals surface area contributed by atoms with E-state index in [2.05, 4.69) is 29.5 Å². The van der Waals surface area contributed by atoms with Crippen LogP contribution in [0.2, 0.25) is 5.02 Å². The molecule has 0 bridgehead atoms. The van der Waals surface area contributed by atoms with Gasteiger partial charge in [0.1, 0.15) is 0 Å². The highest BCUT2D eigenvalue weighted by Crippen LogP contribution is 2.21. The van der Waals surface area contributed by atoms with Crippen LogP contribution < -0.4 is 5.32 Å². The first-order chi connectivity index (χ1) is 10.2. The summed E-state index contributed by atoms with van der Waals surface area (Å²) in [7, 11) is 0. The van der Waals surface area contributed by atoms with Crippen molar-refractivity contribution in [3.63, 3.8) is 0 Å². The molecule has 0 aliphatic carbocycles. The van der Waals surface area contributed by atoms with E-state index in [1.165, 1.54) is 11.1 Å². The second-order valence-corrected chi connectivity index (χ2v) is 5.33. The van der Waals surface area contributed by atoms with Gasteiger partial charge in [-0.2, -0.15) is 5.10 Å². The van der Waals surface area contributed by atoms with E-state index >= 15 is 0 Å². The number of nitrogens with zero attached hydrogens (tertiary/aromatic N) is 2. The van der Waals surface area contributed by atoms with Gasteiger partial charge in [-0.25, -0.2) is 4.68 Å². The molecular weight excluding hydrogens is 282 g/mol. The molecule has 0 aliphatic heterocycles. The quantitative estimate of drug-likeness (QED) is 0.771. The zero-order chi connectivity index (χ0) is 14.7. The van der Waals surface area contributed by atoms with Gasteiger partial charge in [0.25, 0.3) is 0 Å². The third kappa shape index (κ3) is 3.09. The number of para-hydroxylation sites is 2. The molecule has 3 rings (SSSR count). The lowest BCUT2D eigenvalue weighted by atomic mass is 10.1. The number of hydrogen-bond donors (Lipinski definition) is 1. The van der Waals surface area contributed by atoms with Gasteiger partial charge in [0.2, 0.25) is 0 Å². The monoisotopic (exact) mass is 297 g/mol. The van der Waals surface area contributed by atoms with Crippen molar-refractivity contribution in [1.29, 1.82) is 0 Å². The number of halogens is 1. The molecule has 0 fully saturated rings. The fourth-order valence-corrected chi connectivity index (χ4v) is 2.51. The van der Waals surface area contributed by atoms with Crippen LogP contribution in [0.25, 0.3) is 5.69 Å². The zero-order valence-corrected chi connectivity index (χ0v) is 12.5. The number of anilines is 1. The average molecular weight is 298 g/mol. The van der Waals surface area contributed by atoms with Gasteiger partial charge >= 0.3 is 0 Å². The van der Waals surface area contributed by atoms with E-state index in [-0.39, 0.29) is 0 Å². The van der Waals surface area contributed by atoms with E-state index in [0.717, 1.165) is 22.9 Å². The second kappa shape index (κ2) is 6.02. The molecule has 0 atom stereocenters. The largest absolute Gasteiger partial charge is 0.379 e. The van der Waals surface area contributed by atoms with Crippen LogP contribution in [0.15, 0.2) is 60.9 Å². The van der Waals surface area contributed by atoms with Gasteiger partial charge in [-0.15, -0.1) is 0 Å². The molecule has 106 valence electrons. The molecule has 0 radical (unpaired) electrons. The Morgan fingerprint density at radius 3 is 2.76 bits per heavy atom. The Labute approximate surface area is 129 Å². The summed E-state index contributed by atoms with van der Waals surface area (Å²) >= 11 is 5.99. The van der Waals surface area contributed by atoms with Crippen molar-refractivity contribution in [1.82, 2.24) is 9.78 Å². The van der Waals surface area contributed by atoms with Crippen molar-refractivity contribution in [2.75, 3.05) is 5.32 Å². The second-order valence-electron chi connectivity index (χ2n) is 4.89. The number of aryl methyl sites for hydroxylation is 1. The van der Waals surface area contributed by atoms with Crippen LogP contribution in [0.5, 0.6) is 0 Å². The molecule has 1 aromatic heterocycles. The van der Waals surface area contributed by atoms with Crippen molar-refractivity contribution in [2.45, 2.75) is 13.5 Å². The van der Waals surface area contributed by atoms with E-state index in [4.69, 9.17) is 11.6 Å². The summed E-state index contributed by atoms with van der Waals surface area (Å²) < 4.78 is 1.86. The Kier molecular flexibility index (Phi) is 3.93. The van der Waals surface area contributed by atoms with Gasteiger partial charge in [0, 0.05) is 24.0 Å². The van der Waals surface area contributed by atoms with E-state index in [1.54, 1.807) is 6.20 Å². The maximum absolute atomic E-state index is 5.99. The summed E-state index contributed by atoms with van der Waals surface area (Å²) in [5, 5.41) is 8.54. The van der Waals surface area contributed by atoms with Crippen molar-refractivity contribution in [3.8, 4) is 5.69 Å². The average Bonchev–Trinajstić information content (AvgIpc) is 3.01. The fraction of sp³-hybridized carbons (Fsp3) is 0.118. The summed E-state index contributed by atoms with van der Waals surface area (Å²) in [5.74, 6) is 0. The molecule has 21 heavy (non-hydrogen) atoms. The van der Waals surface area contributed by atoms with E-state index in [9.17, 15) is 0 Å². The topological polar surface area (TPSA) is 29.9 Å². The Morgan fingerprint density at radius 1 is 1.14 bits per heavy atom. The van der Waals surface area contributed by atoms with E-state index in [0.29, 0.717) is 0 Å². The molecule has 0 saturated heterocycles. The zero-order valence-electron chi connectivity index (χ0n) is 11.8. The molecule has 0 aliphatic rings. The maximum atomic E-state index is 5.99. The number of nitrogens with one attached hydrogen (secondary N) is 1. The van der Waals surface area contributed by atoms with Crippen LogP contribution in [0.1, 0.15) is 11.1 Å². The van der Waals surface area contributed by atoms with Crippen LogP contribution >= 0.6 is 11.6 Å². The van der Waals surface area contributed by atoms with Crippen molar-refractivity contribution in [2.24, 2.45) is 0 Å². The molecule has 1 heterocycles. The van der Waals surface area contributed by atoms with Gasteiger partial charge in [-0.3, -0.25) is 0 Å². The minimum Gasteiger partial charge on any atom is -0.379 e. The maximum Gasteiger partial charge on any atom is 0.0876 e.